The minimum absolute atomic E-state index is 0.213. The molecule has 0 amide bonds. The topological polar surface area (TPSA) is 76.7 Å². The fourth-order valence-electron chi connectivity index (χ4n) is 2.39. The van der Waals surface area contributed by atoms with Crippen LogP contribution in [0.5, 0.6) is 0 Å². The highest BCUT2D eigenvalue weighted by atomic mass is 32.2. The average Bonchev–Trinajstić information content (AvgIpc) is 2.94. The summed E-state index contributed by atoms with van der Waals surface area (Å²) in [5, 5.41) is 3.21. The Morgan fingerprint density at radius 3 is 3.05 bits per heavy atom. The smallest absolute Gasteiger partial charge is 0.240 e. The van der Waals surface area contributed by atoms with E-state index in [9.17, 15) is 8.42 Å². The minimum atomic E-state index is -3.49. The van der Waals surface area contributed by atoms with Crippen LogP contribution in [-0.4, -0.2) is 47.4 Å². The molecule has 1 saturated heterocycles. The lowest BCUT2D eigenvalue weighted by Gasteiger charge is -2.23. The molecule has 0 saturated carbocycles. The van der Waals surface area contributed by atoms with Crippen LogP contribution >= 0.6 is 0 Å². The maximum Gasteiger partial charge on any atom is 0.240 e. The number of rotatable bonds is 4. The normalized spacial score (nSPS) is 22.3. The monoisotopic (exact) mass is 298 g/mol. The molecule has 2 aliphatic heterocycles. The predicted octanol–water partition coefficient (Wildman–Crippen LogP) is 0.348. The van der Waals surface area contributed by atoms with Gasteiger partial charge in [-0.05, 0) is 30.2 Å². The lowest BCUT2D eigenvalue weighted by molar-refractivity contribution is -0.0846. The van der Waals surface area contributed by atoms with Gasteiger partial charge in [-0.1, -0.05) is 0 Å². The van der Waals surface area contributed by atoms with Crippen LogP contribution in [0.1, 0.15) is 5.56 Å². The summed E-state index contributed by atoms with van der Waals surface area (Å²) in [5.74, 6) is 0. The summed E-state index contributed by atoms with van der Waals surface area (Å²) in [6.45, 7) is 2.60. The molecule has 0 aliphatic carbocycles. The SMILES string of the molecule is O=S(=O)(NC[C@H]1COCCO1)c1ccc2c(c1)CCN2. The van der Waals surface area contributed by atoms with Gasteiger partial charge in [0, 0.05) is 18.8 Å². The molecule has 0 radical (unpaired) electrons. The minimum Gasteiger partial charge on any atom is -0.384 e. The highest BCUT2D eigenvalue weighted by molar-refractivity contribution is 7.89. The Morgan fingerprint density at radius 1 is 1.35 bits per heavy atom. The Balaban J connectivity index is 1.68. The first kappa shape index (κ1) is 13.8. The third-order valence-electron chi connectivity index (χ3n) is 3.48. The van der Waals surface area contributed by atoms with E-state index in [1.54, 1.807) is 12.1 Å². The number of nitrogens with one attached hydrogen (secondary N) is 2. The molecule has 0 bridgehead atoms. The predicted molar refractivity (Wildman–Crippen MR) is 74.4 cm³/mol. The van der Waals surface area contributed by atoms with Crippen molar-refractivity contribution in [2.75, 3.05) is 38.2 Å². The molecule has 1 atom stereocenters. The summed E-state index contributed by atoms with van der Waals surface area (Å²) in [4.78, 5) is 0.302. The first-order chi connectivity index (χ1) is 9.65. The lowest BCUT2D eigenvalue weighted by atomic mass is 10.2. The van der Waals surface area contributed by atoms with Crippen molar-refractivity contribution in [3.63, 3.8) is 0 Å². The summed E-state index contributed by atoms with van der Waals surface area (Å²) in [6, 6.07) is 5.17. The van der Waals surface area contributed by atoms with Crippen LogP contribution in [0.15, 0.2) is 23.1 Å². The molecule has 0 unspecified atom stereocenters. The third kappa shape index (κ3) is 2.95. The summed E-state index contributed by atoms with van der Waals surface area (Å²) >= 11 is 0. The highest BCUT2D eigenvalue weighted by Gasteiger charge is 2.21. The van der Waals surface area contributed by atoms with Gasteiger partial charge in [-0.2, -0.15) is 0 Å². The number of hydrogen-bond acceptors (Lipinski definition) is 5. The number of anilines is 1. The number of benzene rings is 1. The molecular formula is C13H18N2O4S. The van der Waals surface area contributed by atoms with Crippen LogP contribution in [0.3, 0.4) is 0 Å². The maximum absolute atomic E-state index is 12.2. The van der Waals surface area contributed by atoms with Crippen molar-refractivity contribution in [2.45, 2.75) is 17.4 Å². The molecule has 2 heterocycles. The van der Waals surface area contributed by atoms with E-state index in [-0.39, 0.29) is 12.6 Å². The molecule has 20 heavy (non-hydrogen) atoms. The number of ether oxygens (including phenoxy) is 2. The zero-order valence-corrected chi connectivity index (χ0v) is 11.9. The Bertz CT molecular complexity index is 582. The third-order valence-corrected chi connectivity index (χ3v) is 4.90. The molecule has 1 aromatic carbocycles. The summed E-state index contributed by atoms with van der Waals surface area (Å²) in [7, 11) is -3.49. The van der Waals surface area contributed by atoms with Gasteiger partial charge in [0.25, 0.3) is 0 Å². The summed E-state index contributed by atoms with van der Waals surface area (Å²) in [6.07, 6.45) is 0.646. The first-order valence-electron chi connectivity index (χ1n) is 6.71. The number of sulfonamides is 1. The standard InChI is InChI=1S/C13H18N2O4S/c16-20(17,15-8-11-9-18-5-6-19-11)12-1-2-13-10(7-12)3-4-14-13/h1-2,7,11,14-15H,3-6,8-9H2/t11-/m0/s1. The molecule has 7 heteroatoms. The van der Waals surface area contributed by atoms with E-state index in [2.05, 4.69) is 10.0 Å². The van der Waals surface area contributed by atoms with Gasteiger partial charge >= 0.3 is 0 Å². The van der Waals surface area contributed by atoms with Crippen LogP contribution in [0.4, 0.5) is 5.69 Å². The van der Waals surface area contributed by atoms with Crippen LogP contribution in [0, 0.1) is 0 Å². The van der Waals surface area contributed by atoms with Crippen molar-refractivity contribution in [3.05, 3.63) is 23.8 Å². The second-order valence-corrected chi connectivity index (χ2v) is 6.68. The molecule has 3 rings (SSSR count). The zero-order valence-electron chi connectivity index (χ0n) is 11.1. The van der Waals surface area contributed by atoms with E-state index in [0.717, 1.165) is 24.2 Å². The van der Waals surface area contributed by atoms with Crippen LogP contribution in [-0.2, 0) is 25.9 Å². The van der Waals surface area contributed by atoms with Gasteiger partial charge in [-0.15, -0.1) is 0 Å². The molecule has 2 N–H and O–H groups in total. The van der Waals surface area contributed by atoms with Gasteiger partial charge in [0.05, 0.1) is 30.8 Å². The van der Waals surface area contributed by atoms with E-state index in [4.69, 9.17) is 9.47 Å². The van der Waals surface area contributed by atoms with E-state index in [1.807, 2.05) is 6.07 Å². The Hall–Kier alpha value is -1.15. The first-order valence-corrected chi connectivity index (χ1v) is 8.19. The van der Waals surface area contributed by atoms with Gasteiger partial charge in [-0.3, -0.25) is 0 Å². The largest absolute Gasteiger partial charge is 0.384 e. The van der Waals surface area contributed by atoms with E-state index < -0.39 is 10.0 Å². The number of hydrogen-bond donors (Lipinski definition) is 2. The average molecular weight is 298 g/mol. The molecular weight excluding hydrogens is 280 g/mol. The number of fused-ring (bicyclic) bond motifs is 1. The summed E-state index contributed by atoms with van der Waals surface area (Å²) < 4.78 is 37.7. The zero-order chi connectivity index (χ0) is 14.0. The van der Waals surface area contributed by atoms with Crippen LogP contribution < -0.4 is 10.0 Å². The second-order valence-electron chi connectivity index (χ2n) is 4.92. The van der Waals surface area contributed by atoms with Gasteiger partial charge in [0.15, 0.2) is 0 Å². The molecule has 1 aromatic rings. The Labute approximate surface area is 118 Å². The second kappa shape index (κ2) is 5.69. The quantitative estimate of drug-likeness (QED) is 0.839. The molecule has 110 valence electrons. The van der Waals surface area contributed by atoms with Crippen molar-refractivity contribution < 1.29 is 17.9 Å². The van der Waals surface area contributed by atoms with Gasteiger partial charge in [0.1, 0.15) is 0 Å². The maximum atomic E-state index is 12.2. The van der Waals surface area contributed by atoms with Gasteiger partial charge in [0.2, 0.25) is 10.0 Å². The molecule has 2 aliphatic rings. The Kier molecular flexibility index (Phi) is 3.93. The molecule has 0 spiro atoms. The van der Waals surface area contributed by atoms with E-state index in [0.29, 0.717) is 24.7 Å². The van der Waals surface area contributed by atoms with Crippen molar-refractivity contribution in [2.24, 2.45) is 0 Å². The molecule has 1 fully saturated rings. The van der Waals surface area contributed by atoms with Crippen LogP contribution in [0.2, 0.25) is 0 Å². The fourth-order valence-corrected chi connectivity index (χ4v) is 3.51. The van der Waals surface area contributed by atoms with Gasteiger partial charge in [-0.25, -0.2) is 13.1 Å². The molecule has 0 aromatic heterocycles. The highest BCUT2D eigenvalue weighted by Crippen LogP contribution is 2.24. The van der Waals surface area contributed by atoms with Crippen molar-refractivity contribution in [1.82, 2.24) is 4.72 Å². The van der Waals surface area contributed by atoms with Gasteiger partial charge < -0.3 is 14.8 Å². The molecule has 6 nitrogen and oxygen atoms in total. The van der Waals surface area contributed by atoms with Crippen molar-refractivity contribution >= 4 is 15.7 Å². The fraction of sp³-hybridized carbons (Fsp3) is 0.538. The summed E-state index contributed by atoms with van der Waals surface area (Å²) in [5.41, 5.74) is 2.07. The van der Waals surface area contributed by atoms with E-state index >= 15 is 0 Å². The van der Waals surface area contributed by atoms with E-state index in [1.165, 1.54) is 0 Å². The van der Waals surface area contributed by atoms with Crippen LogP contribution in [0.25, 0.3) is 0 Å². The van der Waals surface area contributed by atoms with Crippen molar-refractivity contribution in [3.8, 4) is 0 Å². The Morgan fingerprint density at radius 2 is 2.25 bits per heavy atom. The lowest BCUT2D eigenvalue weighted by Crippen LogP contribution is -2.39. The van der Waals surface area contributed by atoms with Crippen molar-refractivity contribution in [1.29, 1.82) is 0 Å².